The molecule has 2 aromatic rings. The van der Waals surface area contributed by atoms with Crippen LogP contribution in [0.1, 0.15) is 23.3 Å². The van der Waals surface area contributed by atoms with Crippen LogP contribution in [0.25, 0.3) is 10.2 Å². The van der Waals surface area contributed by atoms with Crippen molar-refractivity contribution in [3.05, 3.63) is 16.8 Å². The van der Waals surface area contributed by atoms with Gasteiger partial charge in [0.1, 0.15) is 17.0 Å². The van der Waals surface area contributed by atoms with Gasteiger partial charge in [-0.3, -0.25) is 0 Å². The summed E-state index contributed by atoms with van der Waals surface area (Å²) in [5.41, 5.74) is 1.38. The summed E-state index contributed by atoms with van der Waals surface area (Å²) in [4.78, 5) is 11.1. The van der Waals surface area contributed by atoms with E-state index >= 15 is 0 Å². The molecule has 114 valence electrons. The lowest BCUT2D eigenvalue weighted by atomic mass is 9.97. The number of rotatable bonds is 5. The molecule has 0 aromatic carbocycles. The Morgan fingerprint density at radius 2 is 2.05 bits per heavy atom. The maximum Gasteiger partial charge on any atom is 0.208 e. The number of hydrogen-bond acceptors (Lipinski definition) is 6. The third-order valence-electron chi connectivity index (χ3n) is 3.53. The van der Waals surface area contributed by atoms with E-state index < -0.39 is 10.0 Å². The largest absolute Gasteiger partial charge is 0.368 e. The number of sulfonamides is 1. The van der Waals surface area contributed by atoms with E-state index in [0.717, 1.165) is 35.1 Å². The minimum Gasteiger partial charge on any atom is -0.368 e. The topological polar surface area (TPSA) is 84.0 Å². The summed E-state index contributed by atoms with van der Waals surface area (Å²) in [5, 5.41) is 4.35. The number of nitrogens with zero attached hydrogens (tertiary/aromatic N) is 2. The van der Waals surface area contributed by atoms with Crippen molar-refractivity contribution in [1.29, 1.82) is 0 Å². The van der Waals surface area contributed by atoms with Crippen LogP contribution in [-0.2, 0) is 22.9 Å². The first kappa shape index (κ1) is 14.7. The highest BCUT2D eigenvalue weighted by atomic mass is 32.2. The van der Waals surface area contributed by atoms with Crippen molar-refractivity contribution in [3.8, 4) is 0 Å². The minimum absolute atomic E-state index is 0.344. The smallest absolute Gasteiger partial charge is 0.208 e. The average molecular weight is 326 g/mol. The van der Waals surface area contributed by atoms with Crippen LogP contribution in [0.5, 0.6) is 0 Å². The van der Waals surface area contributed by atoms with E-state index in [1.165, 1.54) is 23.3 Å². The standard InChI is InChI=1S/C13H18N4O2S2/c1-21(18,19)17-7-6-14-12-11-9-4-2-3-5-10(9)20-13(11)16-8-15-12/h8,17H,2-7H2,1H3,(H,14,15,16). The molecule has 1 aliphatic rings. The molecular formula is C13H18N4O2S2. The molecule has 8 heteroatoms. The van der Waals surface area contributed by atoms with Crippen LogP contribution in [0.3, 0.4) is 0 Å². The van der Waals surface area contributed by atoms with Crippen LogP contribution in [0, 0.1) is 0 Å². The van der Waals surface area contributed by atoms with Gasteiger partial charge in [0.15, 0.2) is 0 Å². The Kier molecular flexibility index (Phi) is 4.10. The molecule has 2 heterocycles. The number of thiophene rings is 1. The van der Waals surface area contributed by atoms with Gasteiger partial charge in [0.25, 0.3) is 0 Å². The van der Waals surface area contributed by atoms with Gasteiger partial charge in [0.2, 0.25) is 10.0 Å². The molecule has 0 radical (unpaired) electrons. The molecule has 1 aliphatic carbocycles. The minimum atomic E-state index is -3.15. The Balaban J connectivity index is 1.80. The highest BCUT2D eigenvalue weighted by Crippen LogP contribution is 2.37. The fourth-order valence-corrected chi connectivity index (χ4v) is 4.34. The summed E-state index contributed by atoms with van der Waals surface area (Å²) < 4.78 is 24.5. The van der Waals surface area contributed by atoms with E-state index in [1.807, 2.05) is 0 Å². The third kappa shape index (κ3) is 3.33. The van der Waals surface area contributed by atoms with E-state index in [4.69, 9.17) is 0 Å². The Morgan fingerprint density at radius 1 is 1.24 bits per heavy atom. The highest BCUT2D eigenvalue weighted by Gasteiger charge is 2.19. The molecule has 0 saturated heterocycles. The van der Waals surface area contributed by atoms with Crippen molar-refractivity contribution in [3.63, 3.8) is 0 Å². The molecule has 2 aromatic heterocycles. The Hall–Kier alpha value is -1.25. The van der Waals surface area contributed by atoms with Gasteiger partial charge in [-0.25, -0.2) is 23.1 Å². The molecule has 3 rings (SSSR count). The van der Waals surface area contributed by atoms with Gasteiger partial charge in [0.05, 0.1) is 11.6 Å². The maximum atomic E-state index is 11.0. The molecule has 0 atom stereocenters. The molecule has 0 unspecified atom stereocenters. The number of fused-ring (bicyclic) bond motifs is 3. The highest BCUT2D eigenvalue weighted by molar-refractivity contribution is 7.88. The molecule has 2 N–H and O–H groups in total. The second kappa shape index (κ2) is 5.86. The van der Waals surface area contributed by atoms with Gasteiger partial charge < -0.3 is 5.32 Å². The normalized spacial score (nSPS) is 15.1. The Labute approximate surface area is 128 Å². The fraction of sp³-hybridized carbons (Fsp3) is 0.538. The van der Waals surface area contributed by atoms with Gasteiger partial charge in [-0.2, -0.15) is 0 Å². The fourth-order valence-electron chi connectivity index (χ4n) is 2.64. The second-order valence-corrected chi connectivity index (χ2v) is 8.12. The molecule has 6 nitrogen and oxygen atoms in total. The third-order valence-corrected chi connectivity index (χ3v) is 5.46. The predicted molar refractivity (Wildman–Crippen MR) is 85.4 cm³/mol. The van der Waals surface area contributed by atoms with Gasteiger partial charge in [-0.05, 0) is 31.2 Å². The predicted octanol–water partition coefficient (Wildman–Crippen LogP) is 1.53. The van der Waals surface area contributed by atoms with Gasteiger partial charge >= 0.3 is 0 Å². The van der Waals surface area contributed by atoms with E-state index in [1.54, 1.807) is 17.7 Å². The lowest BCUT2D eigenvalue weighted by Gasteiger charge is -2.12. The first-order valence-electron chi connectivity index (χ1n) is 6.98. The molecule has 21 heavy (non-hydrogen) atoms. The number of aromatic nitrogens is 2. The van der Waals surface area contributed by atoms with Crippen LogP contribution in [0.2, 0.25) is 0 Å². The summed E-state index contributed by atoms with van der Waals surface area (Å²) >= 11 is 1.75. The zero-order valence-electron chi connectivity index (χ0n) is 11.8. The van der Waals surface area contributed by atoms with E-state index in [0.29, 0.717) is 13.1 Å². The number of anilines is 1. The van der Waals surface area contributed by atoms with Crippen molar-refractivity contribution in [2.24, 2.45) is 0 Å². The molecule has 0 amide bonds. The van der Waals surface area contributed by atoms with Gasteiger partial charge in [-0.15, -0.1) is 11.3 Å². The summed E-state index contributed by atoms with van der Waals surface area (Å²) in [6, 6.07) is 0. The Morgan fingerprint density at radius 3 is 2.86 bits per heavy atom. The van der Waals surface area contributed by atoms with Crippen molar-refractivity contribution < 1.29 is 8.42 Å². The first-order valence-corrected chi connectivity index (χ1v) is 9.69. The second-order valence-electron chi connectivity index (χ2n) is 5.21. The summed E-state index contributed by atoms with van der Waals surface area (Å²) in [7, 11) is -3.15. The van der Waals surface area contributed by atoms with E-state index in [-0.39, 0.29) is 0 Å². The number of aryl methyl sites for hydroxylation is 2. The van der Waals surface area contributed by atoms with Crippen LogP contribution in [0.15, 0.2) is 6.33 Å². The van der Waals surface area contributed by atoms with Crippen molar-refractivity contribution >= 4 is 37.4 Å². The zero-order valence-corrected chi connectivity index (χ0v) is 13.5. The molecule has 0 fully saturated rings. The number of hydrogen-bond donors (Lipinski definition) is 2. The molecule has 0 spiro atoms. The molecule has 0 aliphatic heterocycles. The quantitative estimate of drug-likeness (QED) is 0.814. The molecule has 0 saturated carbocycles. The molecule has 0 bridgehead atoms. The SMILES string of the molecule is CS(=O)(=O)NCCNc1ncnc2sc3c(c12)CCCC3. The summed E-state index contributed by atoms with van der Waals surface area (Å²) in [6.45, 7) is 0.848. The van der Waals surface area contributed by atoms with Crippen LogP contribution in [-0.4, -0.2) is 37.7 Å². The van der Waals surface area contributed by atoms with Crippen LogP contribution in [0.4, 0.5) is 5.82 Å². The van der Waals surface area contributed by atoms with Gasteiger partial charge in [0, 0.05) is 18.0 Å². The monoisotopic (exact) mass is 326 g/mol. The summed E-state index contributed by atoms with van der Waals surface area (Å²) in [6.07, 6.45) is 7.39. The maximum absolute atomic E-state index is 11.0. The Bertz CT molecular complexity index is 755. The lowest BCUT2D eigenvalue weighted by Crippen LogP contribution is -2.27. The molecular weight excluding hydrogens is 308 g/mol. The van der Waals surface area contributed by atoms with Crippen molar-refractivity contribution in [1.82, 2.24) is 14.7 Å². The van der Waals surface area contributed by atoms with Crippen molar-refractivity contribution in [2.45, 2.75) is 25.7 Å². The number of nitrogens with one attached hydrogen (secondary N) is 2. The first-order chi connectivity index (χ1) is 10.0. The van der Waals surface area contributed by atoms with E-state index in [2.05, 4.69) is 20.0 Å². The average Bonchev–Trinajstić information content (AvgIpc) is 2.81. The van der Waals surface area contributed by atoms with Crippen molar-refractivity contribution in [2.75, 3.05) is 24.7 Å². The lowest BCUT2D eigenvalue weighted by molar-refractivity contribution is 0.589. The van der Waals surface area contributed by atoms with Crippen LogP contribution < -0.4 is 10.0 Å². The van der Waals surface area contributed by atoms with E-state index in [9.17, 15) is 8.42 Å². The van der Waals surface area contributed by atoms with Gasteiger partial charge in [-0.1, -0.05) is 0 Å². The zero-order chi connectivity index (χ0) is 14.9. The van der Waals surface area contributed by atoms with Crippen LogP contribution >= 0.6 is 11.3 Å². The summed E-state index contributed by atoms with van der Waals surface area (Å²) in [5.74, 6) is 0.815.